The van der Waals surface area contributed by atoms with Crippen LogP contribution < -0.4 is 10.6 Å². The Morgan fingerprint density at radius 2 is 2.24 bits per heavy atom. The average Bonchev–Trinajstić information content (AvgIpc) is 2.71. The molecule has 0 aliphatic carbocycles. The Morgan fingerprint density at radius 3 is 2.71 bits per heavy atom. The molecule has 0 bridgehead atoms. The van der Waals surface area contributed by atoms with Gasteiger partial charge in [0, 0.05) is 33.0 Å². The Bertz CT molecular complexity index is 384. The van der Waals surface area contributed by atoms with Crippen LogP contribution in [-0.2, 0) is 11.8 Å². The van der Waals surface area contributed by atoms with Crippen LogP contribution in [0.2, 0.25) is 0 Å². The molecule has 0 fully saturated rings. The Morgan fingerprint density at radius 1 is 1.59 bits per heavy atom. The lowest BCUT2D eigenvalue weighted by atomic mass is 9.92. The Kier molecular flexibility index (Phi) is 4.28. The second-order valence-corrected chi connectivity index (χ2v) is 4.96. The number of amides is 1. The van der Waals surface area contributed by atoms with Gasteiger partial charge >= 0.3 is 0 Å². The molecule has 5 nitrogen and oxygen atoms in total. The molecule has 1 aromatic rings. The van der Waals surface area contributed by atoms with Crippen LogP contribution >= 0.6 is 0 Å². The molecular weight excluding hydrogens is 216 g/mol. The predicted molar refractivity (Wildman–Crippen MR) is 67.5 cm³/mol. The van der Waals surface area contributed by atoms with Crippen LogP contribution in [0.1, 0.15) is 32.6 Å². The minimum atomic E-state index is -0.422. The zero-order valence-electron chi connectivity index (χ0n) is 11.2. The van der Waals surface area contributed by atoms with Crippen molar-refractivity contribution in [3.63, 3.8) is 0 Å². The van der Waals surface area contributed by atoms with E-state index in [1.165, 1.54) is 0 Å². The van der Waals surface area contributed by atoms with Crippen molar-refractivity contribution in [1.29, 1.82) is 0 Å². The van der Waals surface area contributed by atoms with Crippen LogP contribution in [0.25, 0.3) is 0 Å². The minimum absolute atomic E-state index is 0.0389. The molecule has 1 atom stereocenters. The fourth-order valence-electron chi connectivity index (χ4n) is 1.71. The van der Waals surface area contributed by atoms with Crippen LogP contribution in [-0.4, -0.2) is 29.1 Å². The highest BCUT2D eigenvalue weighted by molar-refractivity contribution is 5.81. The summed E-state index contributed by atoms with van der Waals surface area (Å²) in [4.78, 5) is 15.9. The molecule has 96 valence electrons. The zero-order chi connectivity index (χ0) is 13.1. The molecule has 17 heavy (non-hydrogen) atoms. The van der Waals surface area contributed by atoms with Gasteiger partial charge in [-0.3, -0.25) is 4.79 Å². The second-order valence-electron chi connectivity index (χ2n) is 4.96. The number of hydrogen-bond acceptors (Lipinski definition) is 3. The first-order chi connectivity index (χ1) is 7.88. The third-order valence-corrected chi connectivity index (χ3v) is 2.94. The van der Waals surface area contributed by atoms with E-state index in [0.717, 1.165) is 5.82 Å². The fraction of sp³-hybridized carbons (Fsp3) is 0.667. The molecule has 5 heteroatoms. The molecule has 0 saturated carbocycles. The monoisotopic (exact) mass is 238 g/mol. The van der Waals surface area contributed by atoms with Gasteiger partial charge in [0.15, 0.2) is 0 Å². The van der Waals surface area contributed by atoms with Gasteiger partial charge in [-0.15, -0.1) is 0 Å². The summed E-state index contributed by atoms with van der Waals surface area (Å²) in [5.41, 5.74) is -0.422. The predicted octanol–water partition coefficient (Wildman–Crippen LogP) is 0.843. The SMILES string of the molecule is CNC(=O)C(C)(C)CNC(C)c1nccn1C. The van der Waals surface area contributed by atoms with E-state index in [-0.39, 0.29) is 11.9 Å². The van der Waals surface area contributed by atoms with E-state index in [1.54, 1.807) is 13.2 Å². The molecule has 0 aliphatic heterocycles. The molecule has 1 amide bonds. The Hall–Kier alpha value is -1.36. The summed E-state index contributed by atoms with van der Waals surface area (Å²) >= 11 is 0. The number of carbonyl (C=O) groups excluding carboxylic acids is 1. The normalized spacial score (nSPS) is 13.5. The molecule has 2 N–H and O–H groups in total. The molecule has 1 heterocycles. The van der Waals surface area contributed by atoms with Crippen LogP contribution in [0.4, 0.5) is 0 Å². The van der Waals surface area contributed by atoms with Crippen molar-refractivity contribution in [2.24, 2.45) is 12.5 Å². The molecule has 0 aliphatic rings. The summed E-state index contributed by atoms with van der Waals surface area (Å²) in [5.74, 6) is 1.01. The molecule has 1 aromatic heterocycles. The first-order valence-electron chi connectivity index (χ1n) is 5.81. The number of hydrogen-bond donors (Lipinski definition) is 2. The van der Waals surface area contributed by atoms with E-state index in [4.69, 9.17) is 0 Å². The lowest BCUT2D eigenvalue weighted by molar-refractivity contribution is -0.128. The maximum absolute atomic E-state index is 11.6. The highest BCUT2D eigenvalue weighted by Gasteiger charge is 2.27. The van der Waals surface area contributed by atoms with Crippen LogP contribution in [0.15, 0.2) is 12.4 Å². The maximum atomic E-state index is 11.6. The summed E-state index contributed by atoms with van der Waals surface area (Å²) in [6.07, 6.45) is 3.69. The summed E-state index contributed by atoms with van der Waals surface area (Å²) < 4.78 is 1.98. The third-order valence-electron chi connectivity index (χ3n) is 2.94. The lowest BCUT2D eigenvalue weighted by Gasteiger charge is -2.25. The number of aryl methyl sites for hydroxylation is 1. The van der Waals surface area contributed by atoms with E-state index < -0.39 is 5.41 Å². The van der Waals surface area contributed by atoms with Gasteiger partial charge in [0.05, 0.1) is 11.5 Å². The van der Waals surface area contributed by atoms with Gasteiger partial charge in [0.1, 0.15) is 5.82 Å². The van der Waals surface area contributed by atoms with E-state index in [9.17, 15) is 4.79 Å². The van der Waals surface area contributed by atoms with Gasteiger partial charge < -0.3 is 15.2 Å². The number of nitrogens with one attached hydrogen (secondary N) is 2. The van der Waals surface area contributed by atoms with Gasteiger partial charge in [0.2, 0.25) is 5.91 Å². The van der Waals surface area contributed by atoms with E-state index in [1.807, 2.05) is 38.6 Å². The van der Waals surface area contributed by atoms with Crippen molar-refractivity contribution >= 4 is 5.91 Å². The Labute approximate surface area is 103 Å². The molecule has 0 spiro atoms. The van der Waals surface area contributed by atoms with Crippen molar-refractivity contribution in [1.82, 2.24) is 20.2 Å². The number of aromatic nitrogens is 2. The number of imidazole rings is 1. The van der Waals surface area contributed by atoms with Gasteiger partial charge in [-0.25, -0.2) is 4.98 Å². The van der Waals surface area contributed by atoms with Crippen molar-refractivity contribution in [2.45, 2.75) is 26.8 Å². The highest BCUT2D eigenvalue weighted by Crippen LogP contribution is 2.16. The number of nitrogens with zero attached hydrogens (tertiary/aromatic N) is 2. The number of rotatable bonds is 5. The number of carbonyl (C=O) groups is 1. The maximum Gasteiger partial charge on any atom is 0.226 e. The van der Waals surface area contributed by atoms with Gasteiger partial charge in [-0.2, -0.15) is 0 Å². The molecular formula is C12H22N4O. The van der Waals surface area contributed by atoms with Crippen LogP contribution in [0.3, 0.4) is 0 Å². The van der Waals surface area contributed by atoms with Crippen molar-refractivity contribution in [2.75, 3.05) is 13.6 Å². The van der Waals surface area contributed by atoms with Gasteiger partial charge in [-0.05, 0) is 20.8 Å². The molecule has 1 rings (SSSR count). The summed E-state index contributed by atoms with van der Waals surface area (Å²) in [6, 6.07) is 0.124. The molecule has 0 aromatic carbocycles. The fourth-order valence-corrected chi connectivity index (χ4v) is 1.71. The zero-order valence-corrected chi connectivity index (χ0v) is 11.2. The summed E-state index contributed by atoms with van der Waals surface area (Å²) in [7, 11) is 3.62. The topological polar surface area (TPSA) is 59.0 Å². The minimum Gasteiger partial charge on any atom is -0.359 e. The first kappa shape index (κ1) is 13.7. The first-order valence-corrected chi connectivity index (χ1v) is 5.81. The van der Waals surface area contributed by atoms with E-state index in [0.29, 0.717) is 6.54 Å². The lowest BCUT2D eigenvalue weighted by Crippen LogP contribution is -2.42. The summed E-state index contributed by atoms with van der Waals surface area (Å²) in [5, 5.41) is 6.01. The third kappa shape index (κ3) is 3.30. The van der Waals surface area contributed by atoms with Crippen LogP contribution in [0, 0.1) is 5.41 Å². The van der Waals surface area contributed by atoms with Crippen LogP contribution in [0.5, 0.6) is 0 Å². The van der Waals surface area contributed by atoms with E-state index in [2.05, 4.69) is 15.6 Å². The molecule has 1 unspecified atom stereocenters. The summed E-state index contributed by atoms with van der Waals surface area (Å²) in [6.45, 7) is 6.50. The van der Waals surface area contributed by atoms with Crippen molar-refractivity contribution in [3.8, 4) is 0 Å². The van der Waals surface area contributed by atoms with Crippen molar-refractivity contribution < 1.29 is 4.79 Å². The van der Waals surface area contributed by atoms with E-state index >= 15 is 0 Å². The highest BCUT2D eigenvalue weighted by atomic mass is 16.2. The molecule has 0 radical (unpaired) electrons. The second kappa shape index (κ2) is 5.31. The standard InChI is InChI=1S/C12H22N4O/c1-9(10-14-6-7-16(10)5)15-8-12(2,3)11(17)13-4/h6-7,9,15H,8H2,1-5H3,(H,13,17). The largest absolute Gasteiger partial charge is 0.359 e. The quantitative estimate of drug-likeness (QED) is 0.799. The Balaban J connectivity index is 2.57. The van der Waals surface area contributed by atoms with Gasteiger partial charge in [-0.1, -0.05) is 0 Å². The van der Waals surface area contributed by atoms with Crippen molar-refractivity contribution in [3.05, 3.63) is 18.2 Å². The molecule has 0 saturated heterocycles. The average molecular weight is 238 g/mol. The van der Waals surface area contributed by atoms with Gasteiger partial charge in [0.25, 0.3) is 0 Å². The smallest absolute Gasteiger partial charge is 0.226 e.